The first-order valence-corrected chi connectivity index (χ1v) is 4.62. The Labute approximate surface area is 78.8 Å². The van der Waals surface area contributed by atoms with E-state index in [0.717, 1.165) is 19.6 Å². The minimum atomic E-state index is -0.172. The maximum absolute atomic E-state index is 11.0. The lowest BCUT2D eigenvalue weighted by Crippen LogP contribution is -2.39. The molecule has 1 atom stereocenters. The normalized spacial score (nSPS) is 25.2. The second kappa shape index (κ2) is 5.19. The van der Waals surface area contributed by atoms with Crippen molar-refractivity contribution in [2.75, 3.05) is 33.4 Å². The van der Waals surface area contributed by atoms with Crippen LogP contribution in [0.2, 0.25) is 0 Å². The SMILES string of the molecule is COC(=O)CN1CCCOCC1C. The fraction of sp³-hybridized carbons (Fsp3) is 0.889. The lowest BCUT2D eigenvalue weighted by molar-refractivity contribution is -0.142. The van der Waals surface area contributed by atoms with Gasteiger partial charge in [-0.25, -0.2) is 0 Å². The Morgan fingerprint density at radius 3 is 3.15 bits per heavy atom. The third kappa shape index (κ3) is 3.32. The van der Waals surface area contributed by atoms with E-state index in [0.29, 0.717) is 19.2 Å². The van der Waals surface area contributed by atoms with Crippen molar-refractivity contribution in [2.45, 2.75) is 19.4 Å². The predicted molar refractivity (Wildman–Crippen MR) is 48.5 cm³/mol. The molecule has 1 unspecified atom stereocenters. The Morgan fingerprint density at radius 1 is 1.69 bits per heavy atom. The fourth-order valence-electron chi connectivity index (χ4n) is 1.41. The number of methoxy groups -OCH3 is 1. The van der Waals surface area contributed by atoms with Gasteiger partial charge in [-0.3, -0.25) is 9.69 Å². The molecule has 0 bridgehead atoms. The number of ether oxygens (including phenoxy) is 2. The molecule has 4 nitrogen and oxygen atoms in total. The molecule has 13 heavy (non-hydrogen) atoms. The number of carbonyl (C=O) groups is 1. The number of hydrogen-bond donors (Lipinski definition) is 0. The van der Waals surface area contributed by atoms with Crippen LogP contribution >= 0.6 is 0 Å². The number of hydrogen-bond acceptors (Lipinski definition) is 4. The lowest BCUT2D eigenvalue weighted by atomic mass is 10.3. The van der Waals surface area contributed by atoms with Gasteiger partial charge >= 0.3 is 5.97 Å². The van der Waals surface area contributed by atoms with Gasteiger partial charge in [-0.1, -0.05) is 0 Å². The van der Waals surface area contributed by atoms with Crippen LogP contribution < -0.4 is 0 Å². The molecule has 0 aromatic carbocycles. The van der Waals surface area contributed by atoms with E-state index in [2.05, 4.69) is 16.6 Å². The third-order valence-electron chi connectivity index (χ3n) is 2.28. The zero-order valence-corrected chi connectivity index (χ0v) is 8.28. The van der Waals surface area contributed by atoms with E-state index < -0.39 is 0 Å². The molecule has 76 valence electrons. The molecule has 0 aliphatic carbocycles. The van der Waals surface area contributed by atoms with Crippen LogP contribution in [-0.4, -0.2) is 50.3 Å². The van der Waals surface area contributed by atoms with Crippen molar-refractivity contribution in [1.29, 1.82) is 0 Å². The van der Waals surface area contributed by atoms with Gasteiger partial charge in [-0.05, 0) is 13.3 Å². The molecule has 0 N–H and O–H groups in total. The van der Waals surface area contributed by atoms with E-state index in [1.807, 2.05) is 0 Å². The summed E-state index contributed by atoms with van der Waals surface area (Å²) in [6.45, 7) is 4.85. The van der Waals surface area contributed by atoms with Crippen LogP contribution in [0.1, 0.15) is 13.3 Å². The summed E-state index contributed by atoms with van der Waals surface area (Å²) in [7, 11) is 1.42. The van der Waals surface area contributed by atoms with Crippen molar-refractivity contribution in [1.82, 2.24) is 4.90 Å². The maximum Gasteiger partial charge on any atom is 0.319 e. The van der Waals surface area contributed by atoms with E-state index >= 15 is 0 Å². The molecule has 0 amide bonds. The second-order valence-corrected chi connectivity index (χ2v) is 3.32. The average Bonchev–Trinajstić information content (AvgIpc) is 2.32. The van der Waals surface area contributed by atoms with Gasteiger partial charge in [0.15, 0.2) is 0 Å². The maximum atomic E-state index is 11.0. The molecule has 1 aliphatic heterocycles. The first-order valence-electron chi connectivity index (χ1n) is 4.62. The summed E-state index contributed by atoms with van der Waals surface area (Å²) < 4.78 is 9.98. The van der Waals surface area contributed by atoms with Crippen LogP contribution in [-0.2, 0) is 14.3 Å². The summed E-state index contributed by atoms with van der Waals surface area (Å²) in [5.74, 6) is -0.172. The molecule has 0 radical (unpaired) electrons. The fourth-order valence-corrected chi connectivity index (χ4v) is 1.41. The summed E-state index contributed by atoms with van der Waals surface area (Å²) in [5, 5.41) is 0. The lowest BCUT2D eigenvalue weighted by Gasteiger charge is -2.24. The van der Waals surface area contributed by atoms with Gasteiger partial charge in [0.25, 0.3) is 0 Å². The first kappa shape index (κ1) is 10.5. The van der Waals surface area contributed by atoms with Gasteiger partial charge in [0.1, 0.15) is 0 Å². The van der Waals surface area contributed by atoms with Crippen molar-refractivity contribution in [3.8, 4) is 0 Å². The van der Waals surface area contributed by atoms with E-state index in [4.69, 9.17) is 4.74 Å². The highest BCUT2D eigenvalue weighted by Gasteiger charge is 2.19. The largest absolute Gasteiger partial charge is 0.468 e. The zero-order valence-electron chi connectivity index (χ0n) is 8.28. The quantitative estimate of drug-likeness (QED) is 0.582. The van der Waals surface area contributed by atoms with Crippen molar-refractivity contribution in [3.63, 3.8) is 0 Å². The number of esters is 1. The molecule has 0 aromatic rings. The van der Waals surface area contributed by atoms with Crippen LogP contribution in [0.25, 0.3) is 0 Å². The van der Waals surface area contributed by atoms with Gasteiger partial charge < -0.3 is 9.47 Å². The predicted octanol–water partition coefficient (Wildman–Crippen LogP) is 0.270. The van der Waals surface area contributed by atoms with E-state index in [9.17, 15) is 4.79 Å². The van der Waals surface area contributed by atoms with Crippen LogP contribution in [0, 0.1) is 0 Å². The standard InChI is InChI=1S/C9H17NO3/c1-8-7-13-5-3-4-10(8)6-9(11)12-2/h8H,3-7H2,1-2H3. The first-order chi connectivity index (χ1) is 6.24. The van der Waals surface area contributed by atoms with Crippen LogP contribution in [0.5, 0.6) is 0 Å². The Bertz CT molecular complexity index is 172. The van der Waals surface area contributed by atoms with Crippen molar-refractivity contribution in [2.24, 2.45) is 0 Å². The molecular formula is C9H17NO3. The van der Waals surface area contributed by atoms with E-state index in [1.165, 1.54) is 7.11 Å². The smallest absolute Gasteiger partial charge is 0.319 e. The highest BCUT2D eigenvalue weighted by Crippen LogP contribution is 2.06. The van der Waals surface area contributed by atoms with Gasteiger partial charge in [0.2, 0.25) is 0 Å². The summed E-state index contributed by atoms with van der Waals surface area (Å²) >= 11 is 0. The average molecular weight is 187 g/mol. The number of carbonyl (C=O) groups excluding carboxylic acids is 1. The topological polar surface area (TPSA) is 38.8 Å². The van der Waals surface area contributed by atoms with Crippen molar-refractivity contribution in [3.05, 3.63) is 0 Å². The Morgan fingerprint density at radius 2 is 2.46 bits per heavy atom. The Hall–Kier alpha value is -0.610. The minimum absolute atomic E-state index is 0.172. The summed E-state index contributed by atoms with van der Waals surface area (Å²) in [4.78, 5) is 13.1. The van der Waals surface area contributed by atoms with Crippen molar-refractivity contribution < 1.29 is 14.3 Å². The minimum Gasteiger partial charge on any atom is -0.468 e. The molecule has 1 rings (SSSR count). The summed E-state index contributed by atoms with van der Waals surface area (Å²) in [5.41, 5.74) is 0. The van der Waals surface area contributed by atoms with Crippen LogP contribution in [0.15, 0.2) is 0 Å². The van der Waals surface area contributed by atoms with Gasteiger partial charge in [-0.15, -0.1) is 0 Å². The number of rotatable bonds is 2. The second-order valence-electron chi connectivity index (χ2n) is 3.32. The van der Waals surface area contributed by atoms with Crippen molar-refractivity contribution >= 4 is 5.97 Å². The molecule has 0 spiro atoms. The van der Waals surface area contributed by atoms with Gasteiger partial charge in [0, 0.05) is 19.2 Å². The Balaban J connectivity index is 2.40. The molecule has 1 aliphatic rings. The van der Waals surface area contributed by atoms with Gasteiger partial charge in [-0.2, -0.15) is 0 Å². The monoisotopic (exact) mass is 187 g/mol. The summed E-state index contributed by atoms with van der Waals surface area (Å²) in [6.07, 6.45) is 0.987. The highest BCUT2D eigenvalue weighted by atomic mass is 16.5. The number of nitrogens with zero attached hydrogens (tertiary/aromatic N) is 1. The summed E-state index contributed by atoms with van der Waals surface area (Å²) in [6, 6.07) is 0.307. The Kier molecular flexibility index (Phi) is 4.18. The molecule has 1 saturated heterocycles. The molecule has 4 heteroatoms. The molecule has 1 fully saturated rings. The van der Waals surface area contributed by atoms with E-state index in [-0.39, 0.29) is 5.97 Å². The molecule has 1 heterocycles. The molecule has 0 aromatic heterocycles. The van der Waals surface area contributed by atoms with Crippen LogP contribution in [0.4, 0.5) is 0 Å². The van der Waals surface area contributed by atoms with Crippen LogP contribution in [0.3, 0.4) is 0 Å². The zero-order chi connectivity index (χ0) is 9.68. The third-order valence-corrected chi connectivity index (χ3v) is 2.28. The molecular weight excluding hydrogens is 170 g/mol. The highest BCUT2D eigenvalue weighted by molar-refractivity contribution is 5.71. The van der Waals surface area contributed by atoms with E-state index in [1.54, 1.807) is 0 Å². The van der Waals surface area contributed by atoms with Gasteiger partial charge in [0.05, 0.1) is 20.3 Å². The molecule has 0 saturated carbocycles.